The van der Waals surface area contributed by atoms with Gasteiger partial charge >= 0.3 is 0 Å². The number of methoxy groups -OCH3 is 1. The highest BCUT2D eigenvalue weighted by Gasteiger charge is 2.07. The Morgan fingerprint density at radius 1 is 1.50 bits per heavy atom. The molecule has 5 N–H and O–H groups in total. The van der Waals surface area contributed by atoms with Gasteiger partial charge in [0, 0.05) is 12.6 Å². The third-order valence-electron chi connectivity index (χ3n) is 1.88. The first-order chi connectivity index (χ1) is 6.19. The van der Waals surface area contributed by atoms with E-state index in [0.717, 1.165) is 5.56 Å². The third-order valence-corrected chi connectivity index (χ3v) is 1.88. The minimum absolute atomic E-state index is 0. The van der Waals surface area contributed by atoms with E-state index in [2.05, 4.69) is 0 Å². The zero-order chi connectivity index (χ0) is 9.84. The largest absolute Gasteiger partial charge is 0.504 e. The van der Waals surface area contributed by atoms with Gasteiger partial charge in [-0.15, -0.1) is 12.4 Å². The number of rotatable bonds is 3. The second-order valence-corrected chi connectivity index (χ2v) is 2.77. The summed E-state index contributed by atoms with van der Waals surface area (Å²) in [6.07, 6.45) is 0. The summed E-state index contributed by atoms with van der Waals surface area (Å²) in [4.78, 5) is 0. The molecule has 0 heterocycles. The van der Waals surface area contributed by atoms with Crippen molar-refractivity contribution in [1.29, 1.82) is 0 Å². The van der Waals surface area contributed by atoms with Crippen molar-refractivity contribution in [2.45, 2.75) is 6.04 Å². The highest BCUT2D eigenvalue weighted by molar-refractivity contribution is 5.85. The van der Waals surface area contributed by atoms with Crippen molar-refractivity contribution in [3.05, 3.63) is 23.8 Å². The third kappa shape index (κ3) is 2.77. The summed E-state index contributed by atoms with van der Waals surface area (Å²) in [5.74, 6) is 0.525. The number of hydrogen-bond acceptors (Lipinski definition) is 4. The fourth-order valence-electron chi connectivity index (χ4n) is 1.07. The van der Waals surface area contributed by atoms with E-state index in [9.17, 15) is 5.11 Å². The molecular formula is C9H15ClN2O2. The summed E-state index contributed by atoms with van der Waals surface area (Å²) >= 11 is 0. The van der Waals surface area contributed by atoms with Crippen molar-refractivity contribution in [3.63, 3.8) is 0 Å². The minimum atomic E-state index is -0.239. The maximum atomic E-state index is 9.41. The number of nitrogens with two attached hydrogens (primary N) is 2. The fourth-order valence-corrected chi connectivity index (χ4v) is 1.07. The van der Waals surface area contributed by atoms with Crippen LogP contribution in [0.3, 0.4) is 0 Å². The average molecular weight is 219 g/mol. The van der Waals surface area contributed by atoms with Crippen LogP contribution in [0.1, 0.15) is 11.6 Å². The predicted molar refractivity (Wildman–Crippen MR) is 57.9 cm³/mol. The molecule has 0 spiro atoms. The Hall–Kier alpha value is -0.970. The van der Waals surface area contributed by atoms with Crippen LogP contribution in [-0.2, 0) is 0 Å². The van der Waals surface area contributed by atoms with E-state index >= 15 is 0 Å². The van der Waals surface area contributed by atoms with Gasteiger partial charge in [-0.25, -0.2) is 0 Å². The Balaban J connectivity index is 0.00000169. The van der Waals surface area contributed by atoms with Crippen LogP contribution in [0.15, 0.2) is 18.2 Å². The first kappa shape index (κ1) is 13.0. The Morgan fingerprint density at radius 2 is 2.14 bits per heavy atom. The zero-order valence-corrected chi connectivity index (χ0v) is 8.75. The molecule has 0 aromatic heterocycles. The van der Waals surface area contributed by atoms with Crippen LogP contribution in [0.4, 0.5) is 0 Å². The van der Waals surface area contributed by atoms with Crippen LogP contribution in [0.5, 0.6) is 11.5 Å². The molecule has 1 atom stereocenters. The van der Waals surface area contributed by atoms with Crippen LogP contribution < -0.4 is 16.2 Å². The van der Waals surface area contributed by atoms with Crippen LogP contribution in [0.2, 0.25) is 0 Å². The van der Waals surface area contributed by atoms with Crippen LogP contribution in [0, 0.1) is 0 Å². The van der Waals surface area contributed by atoms with Gasteiger partial charge in [-0.1, -0.05) is 6.07 Å². The second kappa shape index (κ2) is 5.70. The normalized spacial score (nSPS) is 11.6. The zero-order valence-electron chi connectivity index (χ0n) is 7.93. The molecule has 4 nitrogen and oxygen atoms in total. The lowest BCUT2D eigenvalue weighted by Gasteiger charge is -2.10. The second-order valence-electron chi connectivity index (χ2n) is 2.77. The van der Waals surface area contributed by atoms with Crippen molar-refractivity contribution >= 4 is 12.4 Å². The molecule has 0 fully saturated rings. The molecule has 1 aromatic carbocycles. The quantitative estimate of drug-likeness (QED) is 0.701. The van der Waals surface area contributed by atoms with E-state index in [1.807, 2.05) is 0 Å². The molecule has 0 bridgehead atoms. The first-order valence-corrected chi connectivity index (χ1v) is 4.01. The summed E-state index contributed by atoms with van der Waals surface area (Å²) in [5, 5.41) is 9.41. The van der Waals surface area contributed by atoms with Gasteiger partial charge in [0.05, 0.1) is 7.11 Å². The molecule has 0 saturated heterocycles. The fraction of sp³-hybridized carbons (Fsp3) is 0.333. The van der Waals surface area contributed by atoms with Crippen LogP contribution in [-0.4, -0.2) is 18.8 Å². The number of benzene rings is 1. The number of phenolic OH excluding ortho intramolecular Hbond substituents is 1. The topological polar surface area (TPSA) is 81.5 Å². The van der Waals surface area contributed by atoms with E-state index < -0.39 is 0 Å². The van der Waals surface area contributed by atoms with Crippen molar-refractivity contribution in [3.8, 4) is 11.5 Å². The summed E-state index contributed by atoms with van der Waals surface area (Å²) in [6, 6.07) is 4.78. The lowest BCUT2D eigenvalue weighted by atomic mass is 10.1. The van der Waals surface area contributed by atoms with Gasteiger partial charge in [0.2, 0.25) is 0 Å². The summed E-state index contributed by atoms with van der Waals surface area (Å²) < 4.78 is 4.89. The lowest BCUT2D eigenvalue weighted by Crippen LogP contribution is -2.20. The van der Waals surface area contributed by atoms with Gasteiger partial charge in [-0.3, -0.25) is 0 Å². The predicted octanol–water partition coefficient (Wildman–Crippen LogP) is 0.781. The number of halogens is 1. The molecule has 14 heavy (non-hydrogen) atoms. The highest BCUT2D eigenvalue weighted by Crippen LogP contribution is 2.27. The minimum Gasteiger partial charge on any atom is -0.504 e. The Labute approximate surface area is 89.3 Å². The van der Waals surface area contributed by atoms with Crippen molar-refractivity contribution in [2.75, 3.05) is 13.7 Å². The van der Waals surface area contributed by atoms with E-state index in [1.54, 1.807) is 18.2 Å². The van der Waals surface area contributed by atoms with Crippen molar-refractivity contribution in [1.82, 2.24) is 0 Å². The van der Waals surface area contributed by atoms with Crippen LogP contribution >= 0.6 is 12.4 Å². The van der Waals surface area contributed by atoms with Gasteiger partial charge in [0.25, 0.3) is 0 Å². The number of hydrogen-bond donors (Lipinski definition) is 3. The van der Waals surface area contributed by atoms with Crippen molar-refractivity contribution < 1.29 is 9.84 Å². The average Bonchev–Trinajstić information content (AvgIpc) is 2.16. The number of phenols is 1. The van der Waals surface area contributed by atoms with Gasteiger partial charge < -0.3 is 21.3 Å². The van der Waals surface area contributed by atoms with Gasteiger partial charge in [-0.2, -0.15) is 0 Å². The molecule has 5 heteroatoms. The first-order valence-electron chi connectivity index (χ1n) is 4.01. The van der Waals surface area contributed by atoms with Gasteiger partial charge in [0.1, 0.15) is 0 Å². The molecular weight excluding hydrogens is 204 g/mol. The van der Waals surface area contributed by atoms with Gasteiger partial charge in [0.15, 0.2) is 11.5 Å². The maximum absolute atomic E-state index is 9.41. The SMILES string of the molecule is COc1ccc([C@@H](N)CN)cc1O.Cl. The lowest BCUT2D eigenvalue weighted by molar-refractivity contribution is 0.373. The van der Waals surface area contributed by atoms with E-state index in [-0.39, 0.29) is 24.2 Å². The standard InChI is InChI=1S/C9H14N2O2.ClH/c1-13-9-3-2-6(4-8(9)12)7(11)5-10;/h2-4,7,12H,5,10-11H2,1H3;1H/t7-;/m0./s1. The molecule has 0 unspecified atom stereocenters. The maximum Gasteiger partial charge on any atom is 0.160 e. The van der Waals surface area contributed by atoms with Gasteiger partial charge in [-0.05, 0) is 17.7 Å². The molecule has 0 saturated carbocycles. The van der Waals surface area contributed by atoms with E-state index in [0.29, 0.717) is 12.3 Å². The molecule has 1 rings (SSSR count). The highest BCUT2D eigenvalue weighted by atomic mass is 35.5. The molecule has 0 aliphatic rings. The Kier molecular flexibility index (Phi) is 5.30. The van der Waals surface area contributed by atoms with Crippen molar-refractivity contribution in [2.24, 2.45) is 11.5 Å². The molecule has 0 amide bonds. The summed E-state index contributed by atoms with van der Waals surface area (Å²) in [5.41, 5.74) is 11.9. The smallest absolute Gasteiger partial charge is 0.160 e. The Bertz CT molecular complexity index is 294. The summed E-state index contributed by atoms with van der Waals surface area (Å²) in [7, 11) is 1.50. The molecule has 0 radical (unpaired) electrons. The number of ether oxygens (including phenoxy) is 1. The molecule has 1 aromatic rings. The monoisotopic (exact) mass is 218 g/mol. The molecule has 80 valence electrons. The number of aromatic hydroxyl groups is 1. The van der Waals surface area contributed by atoms with Crippen LogP contribution in [0.25, 0.3) is 0 Å². The summed E-state index contributed by atoms with van der Waals surface area (Å²) in [6.45, 7) is 0.353. The van der Waals surface area contributed by atoms with E-state index in [1.165, 1.54) is 7.11 Å². The van der Waals surface area contributed by atoms with E-state index in [4.69, 9.17) is 16.2 Å². The molecule has 0 aliphatic carbocycles. The Morgan fingerprint density at radius 3 is 2.57 bits per heavy atom. The molecule has 0 aliphatic heterocycles.